The smallest absolute Gasteiger partial charge is 0.297 e. The van der Waals surface area contributed by atoms with Gasteiger partial charge < -0.3 is 19.5 Å². The fraction of sp³-hybridized carbons (Fsp3) is 0.400. The molecular weight excluding hydrogens is 492 g/mol. The molecule has 4 heterocycles. The average molecular weight is 512 g/mol. The number of aliphatic hydroxyl groups excluding tert-OH is 1. The first-order valence-electron chi connectivity index (χ1n) is 9.86. The first-order valence-corrected chi connectivity index (χ1v) is 11.7. The Morgan fingerprint density at radius 2 is 2.03 bits per heavy atom. The highest BCUT2D eigenvalue weighted by molar-refractivity contribution is 8.00. The number of alkyl halides is 2. The van der Waals surface area contributed by atoms with Crippen LogP contribution in [0.5, 0.6) is 5.75 Å². The molecule has 0 aliphatic carbocycles. The van der Waals surface area contributed by atoms with E-state index < -0.39 is 30.4 Å². The molecule has 0 bridgehead atoms. The van der Waals surface area contributed by atoms with E-state index in [0.717, 1.165) is 23.1 Å². The average Bonchev–Trinajstić information content (AvgIpc) is 3.31. The normalized spacial score (nSPS) is 14.9. The highest BCUT2D eigenvalue weighted by Crippen LogP contribution is 2.38. The van der Waals surface area contributed by atoms with Crippen LogP contribution in [0.15, 0.2) is 23.5 Å². The van der Waals surface area contributed by atoms with Crippen LogP contribution >= 0.6 is 23.1 Å². The maximum atomic E-state index is 13.3. The van der Waals surface area contributed by atoms with Crippen molar-refractivity contribution in [3.05, 3.63) is 34.2 Å². The molecule has 1 aliphatic rings. The van der Waals surface area contributed by atoms with Gasteiger partial charge in [-0.05, 0) is 6.07 Å². The van der Waals surface area contributed by atoms with Gasteiger partial charge in [-0.1, -0.05) is 11.8 Å². The zero-order valence-electron chi connectivity index (χ0n) is 18.0. The lowest BCUT2D eigenvalue weighted by molar-refractivity contribution is -0.167. The SMILES string of the molecule is COc1cnc2nc(C(F)F)nc(SCC(=O)c3cnc(C4(OC)CN(C(=O)CO)C4)s3)c2c1. The van der Waals surface area contributed by atoms with E-state index in [1.165, 1.54) is 31.5 Å². The molecule has 180 valence electrons. The Morgan fingerprint density at radius 3 is 2.68 bits per heavy atom. The maximum absolute atomic E-state index is 13.3. The van der Waals surface area contributed by atoms with E-state index in [-0.39, 0.29) is 35.3 Å². The molecule has 0 atom stereocenters. The van der Waals surface area contributed by atoms with Crippen LogP contribution in [0, 0.1) is 0 Å². The van der Waals surface area contributed by atoms with Gasteiger partial charge in [0.25, 0.3) is 6.43 Å². The number of thiazole rings is 1. The number of nitrogens with zero attached hydrogens (tertiary/aromatic N) is 5. The Morgan fingerprint density at radius 1 is 1.26 bits per heavy atom. The van der Waals surface area contributed by atoms with Gasteiger partial charge in [-0.15, -0.1) is 11.3 Å². The van der Waals surface area contributed by atoms with E-state index in [0.29, 0.717) is 21.0 Å². The van der Waals surface area contributed by atoms with Crippen molar-refractivity contribution in [3.63, 3.8) is 0 Å². The Labute approximate surface area is 200 Å². The minimum absolute atomic E-state index is 0.0788. The summed E-state index contributed by atoms with van der Waals surface area (Å²) in [6, 6.07) is 1.58. The van der Waals surface area contributed by atoms with Gasteiger partial charge >= 0.3 is 0 Å². The fourth-order valence-electron chi connectivity index (χ4n) is 3.32. The number of halogens is 2. The summed E-state index contributed by atoms with van der Waals surface area (Å²) in [5.74, 6) is -1.04. The number of pyridine rings is 1. The lowest BCUT2D eigenvalue weighted by Crippen LogP contribution is -2.62. The molecule has 4 rings (SSSR count). The number of ketones is 1. The Hall–Kier alpha value is -2.81. The summed E-state index contributed by atoms with van der Waals surface area (Å²) in [4.78, 5) is 42.3. The number of carbonyl (C=O) groups excluding carboxylic acids is 2. The number of aliphatic hydroxyl groups is 1. The van der Waals surface area contributed by atoms with Crippen molar-refractivity contribution in [3.8, 4) is 5.75 Å². The molecule has 1 saturated heterocycles. The molecule has 1 N–H and O–H groups in total. The molecule has 1 aliphatic heterocycles. The van der Waals surface area contributed by atoms with Crippen LogP contribution in [0.3, 0.4) is 0 Å². The van der Waals surface area contributed by atoms with E-state index in [9.17, 15) is 18.4 Å². The van der Waals surface area contributed by atoms with Crippen molar-refractivity contribution in [2.24, 2.45) is 0 Å². The number of likely N-dealkylation sites (tertiary alicyclic amines) is 1. The molecule has 0 unspecified atom stereocenters. The summed E-state index contributed by atoms with van der Waals surface area (Å²) in [5.41, 5.74) is -0.756. The highest BCUT2D eigenvalue weighted by Gasteiger charge is 2.49. The molecule has 0 saturated carbocycles. The van der Waals surface area contributed by atoms with Gasteiger partial charge in [0.2, 0.25) is 5.91 Å². The van der Waals surface area contributed by atoms with Crippen LogP contribution in [0.25, 0.3) is 11.0 Å². The van der Waals surface area contributed by atoms with Crippen molar-refractivity contribution in [1.29, 1.82) is 0 Å². The first kappa shape index (κ1) is 24.3. The number of carbonyl (C=O) groups is 2. The summed E-state index contributed by atoms with van der Waals surface area (Å²) in [6.45, 7) is -0.154. The van der Waals surface area contributed by atoms with Gasteiger partial charge in [0, 0.05) is 13.3 Å². The van der Waals surface area contributed by atoms with Gasteiger partial charge in [-0.25, -0.2) is 28.7 Å². The number of amides is 1. The van der Waals surface area contributed by atoms with Crippen LogP contribution < -0.4 is 4.74 Å². The fourth-order valence-corrected chi connectivity index (χ4v) is 5.30. The number of hydrogen-bond acceptors (Lipinski definition) is 11. The second-order valence-electron chi connectivity index (χ2n) is 7.28. The number of thioether (sulfide) groups is 1. The zero-order valence-corrected chi connectivity index (χ0v) is 19.7. The minimum atomic E-state index is -2.89. The van der Waals surface area contributed by atoms with Crippen LogP contribution in [-0.2, 0) is 15.1 Å². The van der Waals surface area contributed by atoms with Gasteiger partial charge in [-0.2, -0.15) is 0 Å². The molecule has 14 heteroatoms. The third-order valence-corrected chi connectivity index (χ3v) is 7.44. The first-order chi connectivity index (χ1) is 16.3. The molecule has 0 radical (unpaired) electrons. The number of hydrogen-bond donors (Lipinski definition) is 1. The van der Waals surface area contributed by atoms with E-state index in [1.54, 1.807) is 6.07 Å². The number of fused-ring (bicyclic) bond motifs is 1. The number of methoxy groups -OCH3 is 2. The van der Waals surface area contributed by atoms with Crippen molar-refractivity contribution in [2.45, 2.75) is 17.1 Å². The van der Waals surface area contributed by atoms with Crippen molar-refractivity contribution in [1.82, 2.24) is 24.8 Å². The molecular formula is C20H19F2N5O5S2. The van der Waals surface area contributed by atoms with Crippen molar-refractivity contribution < 1.29 is 33.0 Å². The van der Waals surface area contributed by atoms with Crippen LogP contribution in [0.4, 0.5) is 8.78 Å². The molecule has 3 aromatic rings. The molecule has 1 amide bonds. The van der Waals surface area contributed by atoms with E-state index >= 15 is 0 Å². The standard InChI is InChI=1S/C20H19F2N5O5S2/c1-31-10-3-11-16(23-4-10)25-17(15(21)22)26-18(11)33-7-12(29)13-5-24-19(34-13)20(32-2)8-27(9-20)14(30)6-28/h3-5,15,28H,6-9H2,1-2H3. The summed E-state index contributed by atoms with van der Waals surface area (Å²) >= 11 is 2.13. The van der Waals surface area contributed by atoms with Gasteiger partial charge in [0.1, 0.15) is 22.4 Å². The number of Topliss-reactive ketones (excluding diaryl/α,β-unsaturated/α-hetero) is 1. The summed E-state index contributed by atoms with van der Waals surface area (Å²) in [5, 5.41) is 10.1. The maximum Gasteiger partial charge on any atom is 0.297 e. The zero-order chi connectivity index (χ0) is 24.5. The number of ether oxygens (including phenoxy) is 2. The molecule has 0 aromatic carbocycles. The third-order valence-electron chi connectivity index (χ3n) is 5.22. The molecule has 3 aromatic heterocycles. The summed E-state index contributed by atoms with van der Waals surface area (Å²) < 4.78 is 37.2. The quantitative estimate of drug-likeness (QED) is 0.259. The van der Waals surface area contributed by atoms with Crippen molar-refractivity contribution in [2.75, 3.05) is 39.7 Å². The van der Waals surface area contributed by atoms with Gasteiger partial charge in [0.05, 0.1) is 42.4 Å². The minimum Gasteiger partial charge on any atom is -0.495 e. The second-order valence-corrected chi connectivity index (χ2v) is 9.28. The monoisotopic (exact) mass is 511 g/mol. The molecule has 0 spiro atoms. The van der Waals surface area contributed by atoms with Crippen molar-refractivity contribution >= 4 is 45.8 Å². The van der Waals surface area contributed by atoms with Crippen LogP contribution in [-0.4, -0.2) is 81.3 Å². The summed E-state index contributed by atoms with van der Waals surface area (Å²) in [6.07, 6.45) is -0.102. The lowest BCUT2D eigenvalue weighted by Gasteiger charge is -2.47. The van der Waals surface area contributed by atoms with E-state index in [4.69, 9.17) is 14.6 Å². The largest absolute Gasteiger partial charge is 0.495 e. The summed E-state index contributed by atoms with van der Waals surface area (Å²) in [7, 11) is 2.94. The Kier molecular flexibility index (Phi) is 7.02. The number of rotatable bonds is 9. The van der Waals surface area contributed by atoms with Crippen LogP contribution in [0.2, 0.25) is 0 Å². The molecule has 34 heavy (non-hydrogen) atoms. The predicted octanol–water partition coefficient (Wildman–Crippen LogP) is 2.08. The van der Waals surface area contributed by atoms with Gasteiger partial charge in [-0.3, -0.25) is 9.59 Å². The van der Waals surface area contributed by atoms with Gasteiger partial charge in [0.15, 0.2) is 22.9 Å². The van der Waals surface area contributed by atoms with Crippen LogP contribution in [0.1, 0.15) is 26.9 Å². The topological polar surface area (TPSA) is 128 Å². The Balaban J connectivity index is 1.51. The van der Waals surface area contributed by atoms with E-state index in [1.807, 2.05) is 0 Å². The second kappa shape index (κ2) is 9.82. The highest BCUT2D eigenvalue weighted by atomic mass is 32.2. The Bertz CT molecular complexity index is 1240. The van der Waals surface area contributed by atoms with E-state index in [2.05, 4.69) is 19.9 Å². The number of aromatic nitrogens is 4. The third kappa shape index (κ3) is 4.58. The predicted molar refractivity (Wildman–Crippen MR) is 118 cm³/mol. The lowest BCUT2D eigenvalue weighted by atomic mass is 9.94. The molecule has 10 nitrogen and oxygen atoms in total. The molecule has 1 fully saturated rings.